The van der Waals surface area contributed by atoms with Gasteiger partial charge < -0.3 is 9.64 Å². The van der Waals surface area contributed by atoms with Crippen molar-refractivity contribution in [1.29, 1.82) is 0 Å². The Morgan fingerprint density at radius 1 is 1.31 bits per heavy atom. The van der Waals surface area contributed by atoms with Crippen molar-refractivity contribution in [3.8, 4) is 0 Å². The summed E-state index contributed by atoms with van der Waals surface area (Å²) < 4.78 is 5.88. The van der Waals surface area contributed by atoms with E-state index in [4.69, 9.17) is 4.74 Å². The van der Waals surface area contributed by atoms with E-state index in [0.717, 1.165) is 32.4 Å². The van der Waals surface area contributed by atoms with Gasteiger partial charge in [-0.05, 0) is 56.0 Å². The predicted molar refractivity (Wildman–Crippen MR) is 103 cm³/mol. The van der Waals surface area contributed by atoms with Gasteiger partial charge in [0.15, 0.2) is 0 Å². The second kappa shape index (κ2) is 6.84. The second-order valence-corrected chi connectivity index (χ2v) is 9.09. The Labute approximate surface area is 157 Å². The zero-order valence-corrected chi connectivity index (χ0v) is 16.1. The molecule has 1 aliphatic heterocycles. The third kappa shape index (κ3) is 3.22. The second-order valence-electron chi connectivity index (χ2n) is 9.09. The van der Waals surface area contributed by atoms with Gasteiger partial charge in [0.05, 0.1) is 5.92 Å². The molecule has 1 aromatic rings. The van der Waals surface area contributed by atoms with Crippen molar-refractivity contribution in [2.75, 3.05) is 13.6 Å². The summed E-state index contributed by atoms with van der Waals surface area (Å²) in [4.78, 5) is 14.9. The summed E-state index contributed by atoms with van der Waals surface area (Å²) in [6.45, 7) is 8.43. The van der Waals surface area contributed by atoms with E-state index in [1.54, 1.807) is 0 Å². The summed E-state index contributed by atoms with van der Waals surface area (Å²) in [5, 5.41) is 0. The van der Waals surface area contributed by atoms with Crippen LogP contribution < -0.4 is 0 Å². The number of carbonyl (C=O) groups is 1. The predicted octanol–water partition coefficient (Wildman–Crippen LogP) is 4.43. The van der Waals surface area contributed by atoms with E-state index in [0.29, 0.717) is 11.8 Å². The summed E-state index contributed by atoms with van der Waals surface area (Å²) in [5.74, 6) is 0.948. The van der Waals surface area contributed by atoms with Gasteiger partial charge in [-0.2, -0.15) is 0 Å². The molecule has 2 aliphatic carbocycles. The highest BCUT2D eigenvalue weighted by atomic mass is 16.6. The van der Waals surface area contributed by atoms with Crippen molar-refractivity contribution in [3.63, 3.8) is 0 Å². The number of rotatable bonds is 4. The van der Waals surface area contributed by atoms with E-state index in [2.05, 4.69) is 49.7 Å². The molecule has 0 amide bonds. The maximum absolute atomic E-state index is 12.6. The molecule has 0 radical (unpaired) electrons. The molecular formula is C23H31NO2. The smallest absolute Gasteiger partial charge is 0.310 e. The van der Waals surface area contributed by atoms with E-state index in [-0.39, 0.29) is 23.4 Å². The quantitative estimate of drug-likeness (QED) is 0.592. The normalized spacial score (nSPS) is 36.6. The maximum Gasteiger partial charge on any atom is 0.310 e. The number of esters is 1. The van der Waals surface area contributed by atoms with Gasteiger partial charge in [0, 0.05) is 19.0 Å². The Bertz CT molecular complexity index is 685. The molecule has 5 atom stereocenters. The maximum atomic E-state index is 12.6. The SMILES string of the molecule is C=C1CCC[C@@]2(C)C[C@H]3OC(=O)[C@@H](CN(C)Cc4ccccc4)[C@@H]3C[C@H]12. The lowest BCUT2D eigenvalue weighted by molar-refractivity contribution is -0.146. The molecule has 0 spiro atoms. The van der Waals surface area contributed by atoms with E-state index < -0.39 is 0 Å². The van der Waals surface area contributed by atoms with Gasteiger partial charge in [0.1, 0.15) is 6.10 Å². The third-order valence-electron chi connectivity index (χ3n) is 7.12. The Kier molecular flexibility index (Phi) is 4.68. The van der Waals surface area contributed by atoms with Crippen molar-refractivity contribution in [2.24, 2.45) is 23.2 Å². The lowest BCUT2D eigenvalue weighted by Gasteiger charge is -2.50. The van der Waals surface area contributed by atoms with Gasteiger partial charge in [-0.3, -0.25) is 4.79 Å². The van der Waals surface area contributed by atoms with Gasteiger partial charge in [-0.25, -0.2) is 0 Å². The van der Waals surface area contributed by atoms with Crippen LogP contribution in [0.2, 0.25) is 0 Å². The molecule has 0 bridgehead atoms. The van der Waals surface area contributed by atoms with E-state index in [1.807, 2.05) is 6.07 Å². The van der Waals surface area contributed by atoms with Crippen LogP contribution in [-0.2, 0) is 16.1 Å². The average molecular weight is 354 g/mol. The zero-order valence-electron chi connectivity index (χ0n) is 16.1. The molecule has 1 heterocycles. The molecule has 1 aromatic carbocycles. The number of carbonyl (C=O) groups excluding carboxylic acids is 1. The monoisotopic (exact) mass is 353 g/mol. The average Bonchev–Trinajstić information content (AvgIpc) is 2.88. The van der Waals surface area contributed by atoms with Crippen LogP contribution in [0.25, 0.3) is 0 Å². The van der Waals surface area contributed by atoms with Gasteiger partial charge >= 0.3 is 5.97 Å². The molecule has 2 saturated carbocycles. The molecule has 4 rings (SSSR count). The summed E-state index contributed by atoms with van der Waals surface area (Å²) in [6.07, 6.45) is 5.85. The van der Waals surface area contributed by atoms with Gasteiger partial charge in [-0.15, -0.1) is 0 Å². The minimum absolute atomic E-state index is 0.00740. The number of hydrogen-bond acceptors (Lipinski definition) is 3. The van der Waals surface area contributed by atoms with Crippen molar-refractivity contribution in [1.82, 2.24) is 4.90 Å². The number of nitrogens with zero attached hydrogens (tertiary/aromatic N) is 1. The van der Waals surface area contributed by atoms with Crippen LogP contribution in [-0.4, -0.2) is 30.6 Å². The van der Waals surface area contributed by atoms with E-state index >= 15 is 0 Å². The lowest BCUT2D eigenvalue weighted by Crippen LogP contribution is -2.45. The first-order valence-corrected chi connectivity index (χ1v) is 10.1. The van der Waals surface area contributed by atoms with Gasteiger partial charge in [-0.1, -0.05) is 49.4 Å². The molecule has 3 aliphatic rings. The first kappa shape index (κ1) is 17.8. The highest BCUT2D eigenvalue weighted by Gasteiger charge is 2.55. The van der Waals surface area contributed by atoms with E-state index in [9.17, 15) is 4.79 Å². The molecule has 1 saturated heterocycles. The van der Waals surface area contributed by atoms with E-state index in [1.165, 1.54) is 24.0 Å². The topological polar surface area (TPSA) is 29.5 Å². The fourth-order valence-electron chi connectivity index (χ4n) is 5.76. The van der Waals surface area contributed by atoms with Crippen molar-refractivity contribution in [3.05, 3.63) is 48.0 Å². The van der Waals surface area contributed by atoms with Crippen molar-refractivity contribution >= 4 is 5.97 Å². The third-order valence-corrected chi connectivity index (χ3v) is 7.12. The Hall–Kier alpha value is -1.61. The lowest BCUT2D eigenvalue weighted by atomic mass is 9.55. The minimum atomic E-state index is 0.00740. The number of ether oxygens (including phenoxy) is 1. The summed E-state index contributed by atoms with van der Waals surface area (Å²) in [6, 6.07) is 10.5. The Morgan fingerprint density at radius 2 is 2.08 bits per heavy atom. The Morgan fingerprint density at radius 3 is 2.85 bits per heavy atom. The first-order chi connectivity index (χ1) is 12.5. The fraction of sp³-hybridized carbons (Fsp3) is 0.609. The largest absolute Gasteiger partial charge is 0.462 e. The highest BCUT2D eigenvalue weighted by molar-refractivity contribution is 5.75. The van der Waals surface area contributed by atoms with Crippen LogP contribution in [0.4, 0.5) is 0 Å². The number of allylic oxidation sites excluding steroid dienone is 1. The van der Waals surface area contributed by atoms with Crippen LogP contribution in [0.1, 0.15) is 44.6 Å². The molecule has 3 nitrogen and oxygen atoms in total. The highest BCUT2D eigenvalue weighted by Crippen LogP contribution is 2.56. The first-order valence-electron chi connectivity index (χ1n) is 10.1. The molecule has 26 heavy (non-hydrogen) atoms. The molecule has 0 aromatic heterocycles. The zero-order chi connectivity index (χ0) is 18.3. The standard InChI is InChI=1S/C23H31NO2/c1-16-8-7-11-23(2)13-21-18(12-20(16)23)19(22(25)26-21)15-24(3)14-17-9-5-4-6-10-17/h4-6,9-10,18-21H,1,7-8,11-15H2,2-3H3/t18-,19-,20+,21+,23-/m0/s1. The Balaban J connectivity index is 1.46. The summed E-state index contributed by atoms with van der Waals surface area (Å²) >= 11 is 0. The number of fused-ring (bicyclic) bond motifs is 2. The fourth-order valence-corrected chi connectivity index (χ4v) is 5.76. The van der Waals surface area contributed by atoms with Crippen LogP contribution >= 0.6 is 0 Å². The summed E-state index contributed by atoms with van der Waals surface area (Å²) in [7, 11) is 2.11. The van der Waals surface area contributed by atoms with Crippen LogP contribution in [0.5, 0.6) is 0 Å². The van der Waals surface area contributed by atoms with Gasteiger partial charge in [0.2, 0.25) is 0 Å². The molecule has 0 N–H and O–H groups in total. The van der Waals surface area contributed by atoms with Crippen molar-refractivity contribution < 1.29 is 9.53 Å². The number of benzene rings is 1. The number of hydrogen-bond donors (Lipinski definition) is 0. The molecule has 140 valence electrons. The molecule has 0 unspecified atom stereocenters. The van der Waals surface area contributed by atoms with Crippen molar-refractivity contribution in [2.45, 2.75) is 51.7 Å². The summed E-state index contributed by atoms with van der Waals surface area (Å²) in [5.41, 5.74) is 2.98. The molecule has 3 heteroatoms. The minimum Gasteiger partial charge on any atom is -0.462 e. The molecular weight excluding hydrogens is 322 g/mol. The molecule has 3 fully saturated rings. The van der Waals surface area contributed by atoms with Crippen LogP contribution in [0, 0.1) is 23.2 Å². The van der Waals surface area contributed by atoms with Crippen LogP contribution in [0.15, 0.2) is 42.5 Å². The van der Waals surface area contributed by atoms with Crippen LogP contribution in [0.3, 0.4) is 0 Å². The van der Waals surface area contributed by atoms with Gasteiger partial charge in [0.25, 0.3) is 0 Å².